The van der Waals surface area contributed by atoms with Crippen LogP contribution in [0.3, 0.4) is 0 Å². The van der Waals surface area contributed by atoms with E-state index in [-0.39, 0.29) is 5.91 Å². The average molecular weight is 264 g/mol. The summed E-state index contributed by atoms with van der Waals surface area (Å²) in [6.07, 6.45) is 3.96. The number of amides is 1. The molecular formula is C14H24N4O. The highest BCUT2D eigenvalue weighted by Crippen LogP contribution is 2.10. The lowest BCUT2D eigenvalue weighted by Crippen LogP contribution is -2.34. The number of nitrogens with zero attached hydrogens (tertiary/aromatic N) is 2. The molecule has 19 heavy (non-hydrogen) atoms. The van der Waals surface area contributed by atoms with Gasteiger partial charge in [-0.25, -0.2) is 4.98 Å². The molecule has 1 amide bonds. The van der Waals surface area contributed by atoms with E-state index < -0.39 is 0 Å². The maximum atomic E-state index is 11.1. The Labute approximate surface area is 115 Å². The summed E-state index contributed by atoms with van der Waals surface area (Å²) in [6.45, 7) is 6.94. The fourth-order valence-corrected chi connectivity index (χ4v) is 1.92. The minimum atomic E-state index is -0.280. The number of carbonyl (C=O) groups excluding carboxylic acids is 1. The summed E-state index contributed by atoms with van der Waals surface area (Å²) in [7, 11) is 0. The Morgan fingerprint density at radius 1 is 1.47 bits per heavy atom. The normalized spacial score (nSPS) is 10.7. The van der Waals surface area contributed by atoms with Crippen LogP contribution in [0, 0.1) is 0 Å². The number of anilines is 1. The largest absolute Gasteiger partial charge is 0.370 e. The van der Waals surface area contributed by atoms with Gasteiger partial charge in [-0.1, -0.05) is 13.3 Å². The number of pyridine rings is 1. The van der Waals surface area contributed by atoms with E-state index >= 15 is 0 Å². The van der Waals surface area contributed by atoms with Crippen LogP contribution in [0.1, 0.15) is 32.3 Å². The highest BCUT2D eigenvalue weighted by molar-refractivity contribution is 5.75. The number of nitrogens with one attached hydrogen (secondary N) is 1. The van der Waals surface area contributed by atoms with Crippen LogP contribution in [0.4, 0.5) is 5.82 Å². The van der Waals surface area contributed by atoms with Gasteiger partial charge in [-0.05, 0) is 37.6 Å². The number of nitrogens with two attached hydrogens (primary N) is 1. The molecule has 5 heteroatoms. The molecule has 0 fully saturated rings. The van der Waals surface area contributed by atoms with Gasteiger partial charge < -0.3 is 11.1 Å². The van der Waals surface area contributed by atoms with Crippen LogP contribution in [-0.2, 0) is 11.3 Å². The minimum Gasteiger partial charge on any atom is -0.370 e. The molecule has 0 aliphatic heterocycles. The van der Waals surface area contributed by atoms with Crippen molar-refractivity contribution in [3.05, 3.63) is 23.9 Å². The first-order valence-corrected chi connectivity index (χ1v) is 6.85. The molecule has 0 radical (unpaired) electrons. The molecule has 1 rings (SSSR count). The molecule has 0 saturated heterocycles. The van der Waals surface area contributed by atoms with E-state index in [0.29, 0.717) is 6.54 Å². The van der Waals surface area contributed by atoms with Gasteiger partial charge in [0.15, 0.2) is 0 Å². The molecule has 3 N–H and O–H groups in total. The monoisotopic (exact) mass is 264 g/mol. The molecule has 0 bridgehead atoms. The van der Waals surface area contributed by atoms with Gasteiger partial charge >= 0.3 is 0 Å². The van der Waals surface area contributed by atoms with Gasteiger partial charge in [0.05, 0.1) is 6.54 Å². The highest BCUT2D eigenvalue weighted by Gasteiger charge is 2.09. The lowest BCUT2D eigenvalue weighted by atomic mass is 10.2. The maximum absolute atomic E-state index is 11.1. The Balaban J connectivity index is 2.65. The fourth-order valence-electron chi connectivity index (χ4n) is 1.92. The SMILES string of the molecule is CCCCN(CC(N)=O)Cc1ccnc(NCC)c1. The van der Waals surface area contributed by atoms with E-state index in [9.17, 15) is 4.79 Å². The first-order valence-electron chi connectivity index (χ1n) is 6.85. The summed E-state index contributed by atoms with van der Waals surface area (Å²) in [4.78, 5) is 17.4. The van der Waals surface area contributed by atoms with Crippen molar-refractivity contribution < 1.29 is 4.79 Å². The van der Waals surface area contributed by atoms with Gasteiger partial charge in [-0.2, -0.15) is 0 Å². The Morgan fingerprint density at radius 2 is 2.26 bits per heavy atom. The summed E-state index contributed by atoms with van der Waals surface area (Å²) in [5, 5.41) is 3.18. The average Bonchev–Trinajstić information content (AvgIpc) is 2.36. The Kier molecular flexibility index (Phi) is 6.89. The van der Waals surface area contributed by atoms with Crippen molar-refractivity contribution >= 4 is 11.7 Å². The summed E-state index contributed by atoms with van der Waals surface area (Å²) in [6, 6.07) is 3.99. The molecule has 5 nitrogen and oxygen atoms in total. The van der Waals surface area contributed by atoms with Crippen LogP contribution >= 0.6 is 0 Å². The topological polar surface area (TPSA) is 71.2 Å². The van der Waals surface area contributed by atoms with Crippen molar-refractivity contribution in [2.75, 3.05) is 25.0 Å². The Morgan fingerprint density at radius 3 is 2.89 bits per heavy atom. The van der Waals surface area contributed by atoms with Crippen molar-refractivity contribution in [2.45, 2.75) is 33.2 Å². The zero-order chi connectivity index (χ0) is 14.1. The molecular weight excluding hydrogens is 240 g/mol. The number of unbranched alkanes of at least 4 members (excludes halogenated alkanes) is 1. The predicted octanol–water partition coefficient (Wildman–Crippen LogP) is 1.60. The number of aromatic nitrogens is 1. The molecule has 1 heterocycles. The standard InChI is InChI=1S/C14H24N4O/c1-3-5-8-18(11-13(15)19)10-12-6-7-17-14(9-12)16-4-2/h6-7,9H,3-5,8,10-11H2,1-2H3,(H2,15,19)(H,16,17). The third-order valence-corrected chi connectivity index (χ3v) is 2.80. The minimum absolute atomic E-state index is 0.280. The van der Waals surface area contributed by atoms with Crippen LogP contribution in [-0.4, -0.2) is 35.4 Å². The lowest BCUT2D eigenvalue weighted by molar-refractivity contribution is -0.119. The van der Waals surface area contributed by atoms with Gasteiger partial charge in [0, 0.05) is 19.3 Å². The van der Waals surface area contributed by atoms with Crippen LogP contribution in [0.25, 0.3) is 0 Å². The van der Waals surface area contributed by atoms with E-state index in [0.717, 1.165) is 43.9 Å². The van der Waals surface area contributed by atoms with Crippen molar-refractivity contribution in [1.82, 2.24) is 9.88 Å². The lowest BCUT2D eigenvalue weighted by Gasteiger charge is -2.20. The Bertz CT molecular complexity index is 395. The van der Waals surface area contributed by atoms with Crippen LogP contribution in [0.2, 0.25) is 0 Å². The summed E-state index contributed by atoms with van der Waals surface area (Å²) in [5.41, 5.74) is 6.43. The highest BCUT2D eigenvalue weighted by atomic mass is 16.1. The second-order valence-electron chi connectivity index (χ2n) is 4.61. The first-order chi connectivity index (χ1) is 9.15. The number of rotatable bonds is 9. The zero-order valence-corrected chi connectivity index (χ0v) is 11.9. The second-order valence-corrected chi connectivity index (χ2v) is 4.61. The molecule has 0 unspecified atom stereocenters. The first kappa shape index (κ1) is 15.4. The predicted molar refractivity (Wildman–Crippen MR) is 77.8 cm³/mol. The molecule has 1 aromatic heterocycles. The van der Waals surface area contributed by atoms with E-state index in [1.165, 1.54) is 0 Å². The zero-order valence-electron chi connectivity index (χ0n) is 11.9. The smallest absolute Gasteiger partial charge is 0.231 e. The Hall–Kier alpha value is -1.62. The van der Waals surface area contributed by atoms with Gasteiger partial charge in [0.25, 0.3) is 0 Å². The molecule has 0 atom stereocenters. The number of hydrogen-bond donors (Lipinski definition) is 2. The summed E-state index contributed by atoms with van der Waals surface area (Å²) >= 11 is 0. The molecule has 0 saturated carbocycles. The molecule has 0 spiro atoms. The van der Waals surface area contributed by atoms with E-state index in [4.69, 9.17) is 5.73 Å². The number of carbonyl (C=O) groups is 1. The molecule has 1 aromatic rings. The second kappa shape index (κ2) is 8.48. The summed E-state index contributed by atoms with van der Waals surface area (Å²) < 4.78 is 0. The third-order valence-electron chi connectivity index (χ3n) is 2.80. The fraction of sp³-hybridized carbons (Fsp3) is 0.571. The van der Waals surface area contributed by atoms with E-state index in [1.807, 2.05) is 19.1 Å². The van der Waals surface area contributed by atoms with Crippen LogP contribution in [0.5, 0.6) is 0 Å². The number of primary amides is 1. The van der Waals surface area contributed by atoms with Crippen molar-refractivity contribution in [3.63, 3.8) is 0 Å². The van der Waals surface area contributed by atoms with Gasteiger partial charge in [0.1, 0.15) is 5.82 Å². The van der Waals surface area contributed by atoms with Gasteiger partial charge in [0.2, 0.25) is 5.91 Å². The van der Waals surface area contributed by atoms with Crippen LogP contribution < -0.4 is 11.1 Å². The van der Waals surface area contributed by atoms with Crippen molar-refractivity contribution in [2.24, 2.45) is 5.73 Å². The quantitative estimate of drug-likeness (QED) is 0.710. The maximum Gasteiger partial charge on any atom is 0.231 e. The van der Waals surface area contributed by atoms with Gasteiger partial charge in [-0.15, -0.1) is 0 Å². The van der Waals surface area contributed by atoms with Crippen LogP contribution in [0.15, 0.2) is 18.3 Å². The molecule has 0 aliphatic rings. The molecule has 106 valence electrons. The summed E-state index contributed by atoms with van der Waals surface area (Å²) in [5.74, 6) is 0.589. The van der Waals surface area contributed by atoms with E-state index in [1.54, 1.807) is 6.20 Å². The number of hydrogen-bond acceptors (Lipinski definition) is 4. The van der Waals surface area contributed by atoms with Crippen molar-refractivity contribution in [3.8, 4) is 0 Å². The molecule has 0 aromatic carbocycles. The van der Waals surface area contributed by atoms with E-state index in [2.05, 4.69) is 22.1 Å². The molecule has 0 aliphatic carbocycles. The van der Waals surface area contributed by atoms with Gasteiger partial charge in [-0.3, -0.25) is 9.69 Å². The third kappa shape index (κ3) is 6.20. The van der Waals surface area contributed by atoms with Crippen molar-refractivity contribution in [1.29, 1.82) is 0 Å².